The molecule has 4 nitrogen and oxygen atoms in total. The fraction of sp³-hybridized carbons (Fsp3) is 0.125. The predicted molar refractivity (Wildman–Crippen MR) is 291 cm³/mol. The van der Waals surface area contributed by atoms with Crippen molar-refractivity contribution in [2.24, 2.45) is 0 Å². The molecule has 9 aromatic carbocycles. The van der Waals surface area contributed by atoms with Crippen LogP contribution in [0.15, 0.2) is 217 Å². The van der Waals surface area contributed by atoms with Crippen molar-refractivity contribution < 1.29 is 4.42 Å². The van der Waals surface area contributed by atoms with Gasteiger partial charge >= 0.3 is 0 Å². The zero-order valence-electron chi connectivity index (χ0n) is 39.4. The van der Waals surface area contributed by atoms with E-state index in [9.17, 15) is 0 Å². The van der Waals surface area contributed by atoms with Crippen LogP contribution < -0.4 is 31.3 Å². The molecular weight excluding hydrogens is 838 g/mol. The molecule has 3 aliphatic rings. The summed E-state index contributed by atoms with van der Waals surface area (Å²) in [5, 5.41) is 2.40. The Morgan fingerprint density at radius 1 is 0.493 bits per heavy atom. The zero-order chi connectivity index (χ0) is 46.2. The zero-order valence-corrected chi connectivity index (χ0v) is 39.4. The number of anilines is 9. The second-order valence-corrected chi connectivity index (χ2v) is 19.9. The number of para-hydroxylation sites is 2. The van der Waals surface area contributed by atoms with Crippen molar-refractivity contribution in [3.8, 4) is 22.3 Å². The lowest BCUT2D eigenvalue weighted by atomic mass is 9.35. The molecular formula is C64H52BN3O. The first-order valence-electron chi connectivity index (χ1n) is 24.6. The van der Waals surface area contributed by atoms with E-state index in [1.165, 1.54) is 72.9 Å². The molecule has 0 bridgehead atoms. The van der Waals surface area contributed by atoms with Crippen LogP contribution >= 0.6 is 0 Å². The van der Waals surface area contributed by atoms with Gasteiger partial charge in [-0.1, -0.05) is 166 Å². The fourth-order valence-corrected chi connectivity index (χ4v) is 11.5. The Hall–Kier alpha value is -8.02. The Kier molecular flexibility index (Phi) is 9.76. The van der Waals surface area contributed by atoms with Crippen LogP contribution in [0, 0.1) is 0 Å². The van der Waals surface area contributed by atoms with Gasteiger partial charge in [0.1, 0.15) is 5.76 Å². The molecule has 1 aromatic heterocycles. The largest absolute Gasteiger partial charge is 0.473 e. The molecule has 13 rings (SSSR count). The Morgan fingerprint density at radius 3 is 1.78 bits per heavy atom. The minimum atomic E-state index is -0.105. The van der Waals surface area contributed by atoms with Crippen LogP contribution in [0.25, 0.3) is 33.0 Å². The van der Waals surface area contributed by atoms with Crippen molar-refractivity contribution in [1.82, 2.24) is 0 Å². The van der Waals surface area contributed by atoms with Gasteiger partial charge in [0.2, 0.25) is 0 Å². The average Bonchev–Trinajstić information content (AvgIpc) is 3.78. The number of benzene rings is 9. The van der Waals surface area contributed by atoms with Crippen LogP contribution in [-0.4, -0.2) is 6.71 Å². The minimum absolute atomic E-state index is 0.0504. The van der Waals surface area contributed by atoms with E-state index in [4.69, 9.17) is 4.42 Å². The van der Waals surface area contributed by atoms with E-state index in [0.717, 1.165) is 70.5 Å². The molecule has 3 heterocycles. The smallest absolute Gasteiger partial charge is 0.297 e. The number of hydrogen-bond acceptors (Lipinski definition) is 4. The van der Waals surface area contributed by atoms with Crippen molar-refractivity contribution in [1.29, 1.82) is 0 Å². The fourth-order valence-electron chi connectivity index (χ4n) is 11.5. The van der Waals surface area contributed by atoms with E-state index in [0.29, 0.717) is 0 Å². The van der Waals surface area contributed by atoms with Crippen molar-refractivity contribution in [2.45, 2.75) is 51.9 Å². The summed E-state index contributed by atoms with van der Waals surface area (Å²) in [4.78, 5) is 7.52. The molecule has 332 valence electrons. The highest BCUT2D eigenvalue weighted by atomic mass is 16.3. The van der Waals surface area contributed by atoms with Gasteiger partial charge in [-0.15, -0.1) is 0 Å². The molecule has 0 fully saturated rings. The number of hydrogen-bond donors (Lipinski definition) is 0. The maximum atomic E-state index is 7.27. The van der Waals surface area contributed by atoms with Crippen LogP contribution in [0.5, 0.6) is 0 Å². The second kappa shape index (κ2) is 16.3. The summed E-state index contributed by atoms with van der Waals surface area (Å²) in [5.41, 5.74) is 21.3. The minimum Gasteiger partial charge on any atom is -0.473 e. The number of nitrogens with zero attached hydrogens (tertiary/aromatic N) is 3. The third-order valence-electron chi connectivity index (χ3n) is 14.8. The molecule has 0 saturated heterocycles. The number of rotatable bonds is 7. The van der Waals surface area contributed by atoms with Crippen LogP contribution in [0.1, 0.15) is 50.5 Å². The summed E-state index contributed by atoms with van der Waals surface area (Å²) in [5.74, 6) is 1.15. The summed E-state index contributed by atoms with van der Waals surface area (Å²) in [6, 6.07) is 78.4. The highest BCUT2D eigenvalue weighted by Gasteiger charge is 2.47. The molecule has 0 amide bonds. The molecule has 2 aliphatic heterocycles. The third-order valence-corrected chi connectivity index (χ3v) is 14.8. The van der Waals surface area contributed by atoms with Crippen molar-refractivity contribution in [3.05, 3.63) is 229 Å². The van der Waals surface area contributed by atoms with E-state index in [-0.39, 0.29) is 12.1 Å². The normalized spacial score (nSPS) is 13.7. The Bertz CT molecular complexity index is 3560. The quantitative estimate of drug-likeness (QED) is 0.149. The number of furan rings is 1. The standard InChI is InChI=1S/C64H52BN3O/c1-64(2,3)45-35-39-56(53(41-45)44-23-10-5-11-24-44)67(55-40-37-49(43-21-8-4-9-22-43)50-29-16-17-30-51(50)55)48-36-38-54-59(42-48)66(46-25-12-6-13-26-46)57-32-20-33-58-61(57)65(54)63-62(52-31-18-19-34-60(52)69-63)68(58)47-27-14-7-15-28-47/h4-17,20-30,32-33,35-42H,18-19,31,34H2,1-3H3. The summed E-state index contributed by atoms with van der Waals surface area (Å²) in [7, 11) is 0. The summed E-state index contributed by atoms with van der Waals surface area (Å²) >= 11 is 0. The van der Waals surface area contributed by atoms with E-state index >= 15 is 0 Å². The van der Waals surface area contributed by atoms with Gasteiger partial charge in [-0.2, -0.15) is 0 Å². The maximum Gasteiger partial charge on any atom is 0.297 e. The second-order valence-electron chi connectivity index (χ2n) is 19.9. The Labute approximate surface area is 405 Å². The first-order chi connectivity index (χ1) is 33.9. The van der Waals surface area contributed by atoms with Gasteiger partial charge in [0.15, 0.2) is 0 Å². The molecule has 69 heavy (non-hydrogen) atoms. The summed E-state index contributed by atoms with van der Waals surface area (Å²) in [6.07, 6.45) is 4.30. The summed E-state index contributed by atoms with van der Waals surface area (Å²) < 4.78 is 7.27. The van der Waals surface area contributed by atoms with Gasteiger partial charge in [0, 0.05) is 57.1 Å². The van der Waals surface area contributed by atoms with Gasteiger partial charge in [0.25, 0.3) is 6.71 Å². The lowest BCUT2D eigenvalue weighted by Gasteiger charge is -2.43. The highest BCUT2D eigenvalue weighted by Crippen LogP contribution is 2.50. The molecule has 0 spiro atoms. The maximum absolute atomic E-state index is 7.27. The third kappa shape index (κ3) is 6.74. The topological polar surface area (TPSA) is 22.9 Å². The van der Waals surface area contributed by atoms with Crippen LogP contribution in [0.2, 0.25) is 0 Å². The first-order valence-corrected chi connectivity index (χ1v) is 24.6. The van der Waals surface area contributed by atoms with Crippen molar-refractivity contribution in [3.63, 3.8) is 0 Å². The van der Waals surface area contributed by atoms with Gasteiger partial charge in [-0.05, 0) is 130 Å². The number of aryl methyl sites for hydroxylation is 1. The van der Waals surface area contributed by atoms with Crippen LogP contribution in [-0.2, 0) is 18.3 Å². The molecule has 0 saturated carbocycles. The lowest BCUT2D eigenvalue weighted by Crippen LogP contribution is -2.61. The van der Waals surface area contributed by atoms with Crippen LogP contribution in [0.3, 0.4) is 0 Å². The van der Waals surface area contributed by atoms with Gasteiger partial charge in [-0.25, -0.2) is 0 Å². The van der Waals surface area contributed by atoms with Crippen LogP contribution in [0.4, 0.5) is 51.2 Å². The molecule has 1 aliphatic carbocycles. The summed E-state index contributed by atoms with van der Waals surface area (Å²) in [6.45, 7) is 6.81. The predicted octanol–water partition coefficient (Wildman–Crippen LogP) is 15.5. The molecule has 0 radical (unpaired) electrons. The SMILES string of the molecule is CC(C)(C)c1ccc(N(c2ccc3c(c2)N(c2ccccc2)c2cccc4c2B3c2oc3c(c2N4c2ccccc2)CCCC3)c2ccc(-c3ccccc3)c3ccccc23)c(-c2ccccc2)c1. The molecule has 0 N–H and O–H groups in total. The highest BCUT2D eigenvalue weighted by molar-refractivity contribution is 6.99. The van der Waals surface area contributed by atoms with E-state index in [1.807, 2.05) is 0 Å². The Morgan fingerprint density at radius 2 is 1.09 bits per heavy atom. The Balaban J connectivity index is 1.10. The first kappa shape index (κ1) is 41.2. The van der Waals surface area contributed by atoms with Gasteiger partial charge in [-0.3, -0.25) is 0 Å². The molecule has 10 aromatic rings. The number of fused-ring (bicyclic) bond motifs is 7. The van der Waals surface area contributed by atoms with E-state index in [1.54, 1.807) is 0 Å². The molecule has 5 heteroatoms. The lowest BCUT2D eigenvalue weighted by molar-refractivity contribution is 0.497. The monoisotopic (exact) mass is 889 g/mol. The molecule has 0 unspecified atom stereocenters. The van der Waals surface area contributed by atoms with E-state index in [2.05, 4.69) is 248 Å². The molecule has 0 atom stereocenters. The van der Waals surface area contributed by atoms with Crippen molar-refractivity contribution >= 4 is 85.3 Å². The van der Waals surface area contributed by atoms with Crippen molar-refractivity contribution in [2.75, 3.05) is 14.7 Å². The van der Waals surface area contributed by atoms with E-state index < -0.39 is 0 Å². The average molecular weight is 890 g/mol. The van der Waals surface area contributed by atoms with Gasteiger partial charge < -0.3 is 19.1 Å². The van der Waals surface area contributed by atoms with Gasteiger partial charge in [0.05, 0.1) is 22.7 Å².